The fourth-order valence-electron chi connectivity index (χ4n) is 5.36. The first-order valence-corrected chi connectivity index (χ1v) is 15.4. The maximum Gasteiger partial charge on any atom is 0.282 e. The molecule has 7 heteroatoms. The Labute approximate surface area is 254 Å². The maximum atomic E-state index is 13.5. The lowest BCUT2D eigenvalue weighted by atomic mass is 9.88. The third-order valence-corrected chi connectivity index (χ3v) is 8.95. The monoisotopic (exact) mass is 739 g/mol. The molecule has 1 saturated carbocycles. The molecule has 0 radical (unpaired) electrons. The zero-order chi connectivity index (χ0) is 26.8. The second kappa shape index (κ2) is 11.8. The lowest BCUT2D eigenvalue weighted by molar-refractivity contribution is 0.303. The molecule has 1 aromatic heterocycles. The van der Waals surface area contributed by atoms with Crippen LogP contribution >= 0.6 is 45.2 Å². The molecule has 5 nitrogen and oxygen atoms in total. The molecule has 0 atom stereocenters. The van der Waals surface area contributed by atoms with Crippen LogP contribution in [-0.4, -0.2) is 15.9 Å². The van der Waals surface area contributed by atoms with Crippen molar-refractivity contribution in [3.05, 3.63) is 113 Å². The van der Waals surface area contributed by atoms with E-state index in [9.17, 15) is 4.79 Å². The predicted molar refractivity (Wildman–Crippen MR) is 175 cm³/mol. The molecular formula is C32H27I2N3O2. The van der Waals surface area contributed by atoms with Crippen molar-refractivity contribution in [3.63, 3.8) is 0 Å². The molecule has 196 valence electrons. The van der Waals surface area contributed by atoms with E-state index in [1.54, 1.807) is 6.21 Å². The molecule has 1 heterocycles. The van der Waals surface area contributed by atoms with Crippen molar-refractivity contribution in [2.45, 2.75) is 44.6 Å². The molecule has 1 aliphatic rings. The summed E-state index contributed by atoms with van der Waals surface area (Å²) >= 11 is 4.63. The van der Waals surface area contributed by atoms with Gasteiger partial charge in [-0.3, -0.25) is 4.79 Å². The number of rotatable bonds is 6. The largest absolute Gasteiger partial charge is 0.487 e. The number of halogens is 2. The molecular weight excluding hydrogens is 712 g/mol. The number of nitrogens with zero attached hydrogens (tertiary/aromatic N) is 3. The number of hydrogen-bond donors (Lipinski definition) is 0. The molecule has 0 aliphatic heterocycles. The van der Waals surface area contributed by atoms with Gasteiger partial charge in [0.05, 0.1) is 24.3 Å². The summed E-state index contributed by atoms with van der Waals surface area (Å²) in [5.74, 6) is 1.88. The van der Waals surface area contributed by atoms with Crippen LogP contribution in [0.3, 0.4) is 0 Å². The van der Waals surface area contributed by atoms with Crippen molar-refractivity contribution >= 4 is 73.1 Å². The van der Waals surface area contributed by atoms with Gasteiger partial charge < -0.3 is 4.74 Å². The second-order valence-electron chi connectivity index (χ2n) is 9.92. The fourth-order valence-corrected chi connectivity index (χ4v) is 7.49. The summed E-state index contributed by atoms with van der Waals surface area (Å²) < 4.78 is 9.85. The van der Waals surface area contributed by atoms with Crippen LogP contribution in [0, 0.1) is 7.14 Å². The fraction of sp³-hybridized carbons (Fsp3) is 0.219. The third kappa shape index (κ3) is 5.61. The van der Waals surface area contributed by atoms with Gasteiger partial charge in [-0.1, -0.05) is 73.9 Å². The van der Waals surface area contributed by atoms with E-state index in [1.165, 1.54) is 21.9 Å². The highest BCUT2D eigenvalue weighted by molar-refractivity contribution is 14.1. The van der Waals surface area contributed by atoms with E-state index in [1.807, 2.05) is 36.4 Å². The van der Waals surface area contributed by atoms with E-state index < -0.39 is 0 Å². The van der Waals surface area contributed by atoms with E-state index in [-0.39, 0.29) is 11.5 Å². The van der Waals surface area contributed by atoms with E-state index in [4.69, 9.17) is 14.8 Å². The van der Waals surface area contributed by atoms with Crippen LogP contribution in [-0.2, 0) is 6.61 Å². The van der Waals surface area contributed by atoms with Gasteiger partial charge in [-0.2, -0.15) is 9.78 Å². The number of fused-ring (bicyclic) bond motifs is 2. The van der Waals surface area contributed by atoms with Gasteiger partial charge in [0, 0.05) is 5.92 Å². The Morgan fingerprint density at radius 1 is 0.897 bits per heavy atom. The minimum atomic E-state index is -0.114. The number of hydrogen-bond acceptors (Lipinski definition) is 4. The molecule has 5 aromatic rings. The van der Waals surface area contributed by atoms with Crippen LogP contribution in [0.15, 0.2) is 88.8 Å². The number of aromatic nitrogens is 2. The topological polar surface area (TPSA) is 56.5 Å². The summed E-state index contributed by atoms with van der Waals surface area (Å²) in [5.41, 5.74) is 2.70. The van der Waals surface area contributed by atoms with Crippen LogP contribution in [0.4, 0.5) is 0 Å². The van der Waals surface area contributed by atoms with Crippen molar-refractivity contribution in [1.82, 2.24) is 9.66 Å². The van der Waals surface area contributed by atoms with Gasteiger partial charge in [0.25, 0.3) is 5.56 Å². The Morgan fingerprint density at radius 3 is 2.38 bits per heavy atom. The lowest BCUT2D eigenvalue weighted by Gasteiger charge is -2.22. The molecule has 1 aliphatic carbocycles. The maximum absolute atomic E-state index is 13.5. The van der Waals surface area contributed by atoms with Crippen LogP contribution < -0.4 is 10.3 Å². The van der Waals surface area contributed by atoms with Gasteiger partial charge >= 0.3 is 0 Å². The average molecular weight is 739 g/mol. The number of para-hydroxylation sites is 1. The van der Waals surface area contributed by atoms with Gasteiger partial charge in [0.2, 0.25) is 0 Å². The molecule has 4 aromatic carbocycles. The highest BCUT2D eigenvalue weighted by Gasteiger charge is 2.22. The summed E-state index contributed by atoms with van der Waals surface area (Å²) in [5, 5.41) is 7.72. The van der Waals surface area contributed by atoms with E-state index in [2.05, 4.69) is 87.6 Å². The molecule has 0 N–H and O–H groups in total. The summed E-state index contributed by atoms with van der Waals surface area (Å²) in [6.07, 6.45) is 7.41. The minimum Gasteiger partial charge on any atom is -0.487 e. The van der Waals surface area contributed by atoms with Crippen LogP contribution in [0.2, 0.25) is 0 Å². The van der Waals surface area contributed by atoms with Gasteiger partial charge in [0.15, 0.2) is 0 Å². The van der Waals surface area contributed by atoms with Crippen LogP contribution in [0.25, 0.3) is 21.7 Å². The van der Waals surface area contributed by atoms with Gasteiger partial charge in [0.1, 0.15) is 18.2 Å². The first-order chi connectivity index (χ1) is 19.1. The molecule has 0 amide bonds. The van der Waals surface area contributed by atoms with Crippen LogP contribution in [0.5, 0.6) is 5.75 Å². The molecule has 0 unspecified atom stereocenters. The predicted octanol–water partition coefficient (Wildman–Crippen LogP) is 8.27. The Hall–Kier alpha value is -2.79. The van der Waals surface area contributed by atoms with E-state index in [0.29, 0.717) is 12.0 Å². The molecule has 0 spiro atoms. The smallest absolute Gasteiger partial charge is 0.282 e. The summed E-state index contributed by atoms with van der Waals surface area (Å²) in [4.78, 5) is 18.4. The Kier molecular flexibility index (Phi) is 7.97. The first kappa shape index (κ1) is 26.4. The first-order valence-electron chi connectivity index (χ1n) is 13.2. The lowest BCUT2D eigenvalue weighted by Crippen LogP contribution is -2.25. The van der Waals surface area contributed by atoms with Crippen molar-refractivity contribution in [1.29, 1.82) is 0 Å². The number of benzene rings is 4. The zero-order valence-electron chi connectivity index (χ0n) is 21.3. The Morgan fingerprint density at radius 2 is 1.59 bits per heavy atom. The van der Waals surface area contributed by atoms with Crippen molar-refractivity contribution in [2.24, 2.45) is 5.10 Å². The van der Waals surface area contributed by atoms with Gasteiger partial charge in [-0.05, 0) is 104 Å². The quantitative estimate of drug-likeness (QED) is 0.130. The standard InChI is InChI=1S/C32H27I2N3O2/c33-27-17-21(18-28(34)30(27)39-20-24-13-8-12-22-9-4-5-14-25(22)24)19-35-37-31(23-10-2-1-3-11-23)36-29-16-7-6-15-26(29)32(37)38/h4-9,12-19,23H,1-3,10-11,20H2. The summed E-state index contributed by atoms with van der Waals surface area (Å²) in [6.45, 7) is 0.490. The molecule has 1 fully saturated rings. The Balaban J connectivity index is 1.30. The SMILES string of the molecule is O=c1c2ccccc2nc(C2CCCCC2)n1N=Cc1cc(I)c(OCc2cccc3ccccc23)c(I)c1. The average Bonchev–Trinajstić information content (AvgIpc) is 2.96. The zero-order valence-corrected chi connectivity index (χ0v) is 25.6. The third-order valence-electron chi connectivity index (χ3n) is 7.34. The molecule has 0 bridgehead atoms. The second-order valence-corrected chi connectivity index (χ2v) is 12.2. The van der Waals surface area contributed by atoms with E-state index >= 15 is 0 Å². The van der Waals surface area contributed by atoms with Gasteiger partial charge in [-0.25, -0.2) is 4.98 Å². The normalized spacial score (nSPS) is 14.4. The molecule has 39 heavy (non-hydrogen) atoms. The molecule has 0 saturated heterocycles. The van der Waals surface area contributed by atoms with Crippen molar-refractivity contribution in [3.8, 4) is 5.75 Å². The van der Waals surface area contributed by atoms with Crippen molar-refractivity contribution < 1.29 is 4.74 Å². The highest BCUT2D eigenvalue weighted by atomic mass is 127. The highest BCUT2D eigenvalue weighted by Crippen LogP contribution is 2.32. The summed E-state index contributed by atoms with van der Waals surface area (Å²) in [7, 11) is 0. The summed E-state index contributed by atoms with van der Waals surface area (Å²) in [6, 6.07) is 26.3. The van der Waals surface area contributed by atoms with Crippen molar-refractivity contribution in [2.75, 3.05) is 0 Å². The number of ether oxygens (including phenoxy) is 1. The minimum absolute atomic E-state index is 0.114. The Bertz CT molecular complexity index is 1730. The molecule has 6 rings (SSSR count). The van der Waals surface area contributed by atoms with Gasteiger partial charge in [-0.15, -0.1) is 0 Å². The van der Waals surface area contributed by atoms with Crippen LogP contribution in [0.1, 0.15) is 55.0 Å². The van der Waals surface area contributed by atoms with E-state index in [0.717, 1.165) is 61.0 Å².